The van der Waals surface area contributed by atoms with Crippen molar-refractivity contribution >= 4 is 18.3 Å². The van der Waals surface area contributed by atoms with Crippen LogP contribution in [0.3, 0.4) is 0 Å². The highest BCUT2D eigenvalue weighted by Gasteiger charge is 2.14. The number of benzene rings is 1. The molecule has 19 heavy (non-hydrogen) atoms. The van der Waals surface area contributed by atoms with E-state index in [2.05, 4.69) is 38.2 Å². The van der Waals surface area contributed by atoms with Crippen molar-refractivity contribution in [2.75, 3.05) is 6.54 Å². The third kappa shape index (κ3) is 6.60. The molecule has 0 unspecified atom stereocenters. The van der Waals surface area contributed by atoms with Gasteiger partial charge in [-0.2, -0.15) is 0 Å². The van der Waals surface area contributed by atoms with Crippen molar-refractivity contribution in [3.63, 3.8) is 0 Å². The lowest BCUT2D eigenvalue weighted by Crippen LogP contribution is -2.42. The first-order chi connectivity index (χ1) is 8.50. The third-order valence-corrected chi connectivity index (χ3v) is 3.02. The number of rotatable bonds is 6. The molecule has 1 aromatic carbocycles. The standard InChI is InChI=1S/C15H24N2O.ClH/c1-11(2)10-14(16)15(18)17-9-8-13-7-5-4-6-12(13)3;/h4-7,11,14H,8-10,16H2,1-3H3,(H,17,18);1H/t14-;/m0./s1. The lowest BCUT2D eigenvalue weighted by Gasteiger charge is -2.14. The van der Waals surface area contributed by atoms with Crippen LogP contribution in [0.2, 0.25) is 0 Å². The van der Waals surface area contributed by atoms with Gasteiger partial charge in [-0.05, 0) is 36.8 Å². The number of nitrogens with one attached hydrogen (secondary N) is 1. The number of carbonyl (C=O) groups excluding carboxylic acids is 1. The first-order valence-electron chi connectivity index (χ1n) is 6.58. The number of hydrogen-bond acceptors (Lipinski definition) is 2. The molecule has 0 aliphatic heterocycles. The molecular weight excluding hydrogens is 260 g/mol. The Labute approximate surface area is 122 Å². The van der Waals surface area contributed by atoms with Gasteiger partial charge in [0.25, 0.3) is 0 Å². The molecule has 108 valence electrons. The Morgan fingerprint density at radius 2 is 1.95 bits per heavy atom. The van der Waals surface area contributed by atoms with Gasteiger partial charge in [0.15, 0.2) is 0 Å². The van der Waals surface area contributed by atoms with Crippen molar-refractivity contribution in [1.82, 2.24) is 5.32 Å². The lowest BCUT2D eigenvalue weighted by atomic mass is 10.0. The molecule has 0 aliphatic carbocycles. The maximum atomic E-state index is 11.7. The van der Waals surface area contributed by atoms with E-state index in [4.69, 9.17) is 5.73 Å². The molecule has 0 saturated carbocycles. The van der Waals surface area contributed by atoms with E-state index in [1.54, 1.807) is 0 Å². The topological polar surface area (TPSA) is 55.1 Å². The normalized spacial score (nSPS) is 11.8. The van der Waals surface area contributed by atoms with Crippen LogP contribution in [-0.2, 0) is 11.2 Å². The smallest absolute Gasteiger partial charge is 0.236 e. The maximum Gasteiger partial charge on any atom is 0.236 e. The minimum Gasteiger partial charge on any atom is -0.354 e. The van der Waals surface area contributed by atoms with E-state index >= 15 is 0 Å². The number of nitrogens with two attached hydrogens (primary N) is 1. The highest BCUT2D eigenvalue weighted by molar-refractivity contribution is 5.85. The molecular formula is C15H25ClN2O. The second-order valence-corrected chi connectivity index (χ2v) is 5.20. The molecule has 1 rings (SSSR count). The zero-order valence-electron chi connectivity index (χ0n) is 12.0. The first-order valence-corrected chi connectivity index (χ1v) is 6.58. The zero-order valence-corrected chi connectivity index (χ0v) is 12.8. The van der Waals surface area contributed by atoms with E-state index in [1.807, 2.05) is 12.1 Å². The quantitative estimate of drug-likeness (QED) is 0.843. The Morgan fingerprint density at radius 1 is 1.32 bits per heavy atom. The second kappa shape index (κ2) is 8.94. The van der Waals surface area contributed by atoms with Gasteiger partial charge in [0.2, 0.25) is 5.91 Å². The minimum atomic E-state index is -0.387. The van der Waals surface area contributed by atoms with Crippen molar-refractivity contribution in [3.8, 4) is 0 Å². The van der Waals surface area contributed by atoms with Crippen molar-refractivity contribution in [2.24, 2.45) is 11.7 Å². The molecule has 0 fully saturated rings. The van der Waals surface area contributed by atoms with Gasteiger partial charge in [0.05, 0.1) is 6.04 Å². The summed E-state index contributed by atoms with van der Waals surface area (Å²) in [4.78, 5) is 11.7. The SMILES string of the molecule is Cc1ccccc1CCNC(=O)[C@@H](N)CC(C)C.Cl. The summed E-state index contributed by atoms with van der Waals surface area (Å²) in [5.41, 5.74) is 8.35. The molecule has 0 aromatic heterocycles. The van der Waals surface area contributed by atoms with Gasteiger partial charge < -0.3 is 11.1 Å². The minimum absolute atomic E-state index is 0. The van der Waals surface area contributed by atoms with Gasteiger partial charge in [0, 0.05) is 6.54 Å². The fourth-order valence-corrected chi connectivity index (χ4v) is 1.96. The Hall–Kier alpha value is -1.06. The Morgan fingerprint density at radius 3 is 2.53 bits per heavy atom. The van der Waals surface area contributed by atoms with Gasteiger partial charge in [0.1, 0.15) is 0 Å². The molecule has 3 N–H and O–H groups in total. The summed E-state index contributed by atoms with van der Waals surface area (Å²) in [5.74, 6) is 0.402. The molecule has 1 atom stereocenters. The van der Waals surface area contributed by atoms with Gasteiger partial charge in [-0.3, -0.25) is 4.79 Å². The maximum absolute atomic E-state index is 11.7. The summed E-state index contributed by atoms with van der Waals surface area (Å²) >= 11 is 0. The lowest BCUT2D eigenvalue weighted by molar-refractivity contribution is -0.122. The fourth-order valence-electron chi connectivity index (χ4n) is 1.96. The highest BCUT2D eigenvalue weighted by atomic mass is 35.5. The number of aryl methyl sites for hydroxylation is 1. The van der Waals surface area contributed by atoms with Crippen LogP contribution in [0.15, 0.2) is 24.3 Å². The highest BCUT2D eigenvalue weighted by Crippen LogP contribution is 2.07. The summed E-state index contributed by atoms with van der Waals surface area (Å²) in [7, 11) is 0. The number of amides is 1. The molecule has 1 aromatic rings. The average Bonchev–Trinajstić information content (AvgIpc) is 2.30. The molecule has 0 heterocycles. The predicted octanol–water partition coefficient (Wildman–Crippen LogP) is 2.45. The van der Waals surface area contributed by atoms with Crippen molar-refractivity contribution < 1.29 is 4.79 Å². The van der Waals surface area contributed by atoms with E-state index in [-0.39, 0.29) is 24.4 Å². The summed E-state index contributed by atoms with van der Waals surface area (Å²) in [5, 5.41) is 2.90. The van der Waals surface area contributed by atoms with Crippen LogP contribution in [0, 0.1) is 12.8 Å². The zero-order chi connectivity index (χ0) is 13.5. The van der Waals surface area contributed by atoms with Crippen LogP contribution < -0.4 is 11.1 Å². The molecule has 0 radical (unpaired) electrons. The Bertz CT molecular complexity index is 393. The van der Waals surface area contributed by atoms with E-state index in [1.165, 1.54) is 11.1 Å². The number of hydrogen-bond donors (Lipinski definition) is 2. The van der Waals surface area contributed by atoms with Crippen LogP contribution in [0.5, 0.6) is 0 Å². The van der Waals surface area contributed by atoms with Gasteiger partial charge in [-0.1, -0.05) is 38.1 Å². The van der Waals surface area contributed by atoms with Gasteiger partial charge >= 0.3 is 0 Å². The Kier molecular flexibility index (Phi) is 8.44. The van der Waals surface area contributed by atoms with E-state index in [9.17, 15) is 4.79 Å². The predicted molar refractivity (Wildman–Crippen MR) is 82.6 cm³/mol. The van der Waals surface area contributed by atoms with Gasteiger partial charge in [-0.15, -0.1) is 12.4 Å². The summed E-state index contributed by atoms with van der Waals surface area (Å²) < 4.78 is 0. The monoisotopic (exact) mass is 284 g/mol. The van der Waals surface area contributed by atoms with E-state index < -0.39 is 0 Å². The molecule has 0 bridgehead atoms. The van der Waals surface area contributed by atoms with E-state index in [0.29, 0.717) is 12.5 Å². The van der Waals surface area contributed by atoms with Crippen LogP contribution in [0.1, 0.15) is 31.4 Å². The largest absolute Gasteiger partial charge is 0.354 e. The molecule has 3 nitrogen and oxygen atoms in total. The molecule has 0 spiro atoms. The number of halogens is 1. The van der Waals surface area contributed by atoms with E-state index in [0.717, 1.165) is 12.8 Å². The van der Waals surface area contributed by atoms with Crippen LogP contribution >= 0.6 is 12.4 Å². The first kappa shape index (κ1) is 17.9. The molecule has 0 saturated heterocycles. The number of carbonyl (C=O) groups is 1. The molecule has 1 amide bonds. The second-order valence-electron chi connectivity index (χ2n) is 5.20. The van der Waals surface area contributed by atoms with Gasteiger partial charge in [-0.25, -0.2) is 0 Å². The Balaban J connectivity index is 0.00000324. The summed E-state index contributed by atoms with van der Waals surface area (Å²) in [6, 6.07) is 7.84. The summed E-state index contributed by atoms with van der Waals surface area (Å²) in [6.07, 6.45) is 1.59. The fraction of sp³-hybridized carbons (Fsp3) is 0.533. The summed E-state index contributed by atoms with van der Waals surface area (Å²) in [6.45, 7) is 6.87. The van der Waals surface area contributed by atoms with Crippen LogP contribution in [-0.4, -0.2) is 18.5 Å². The van der Waals surface area contributed by atoms with Crippen molar-refractivity contribution in [3.05, 3.63) is 35.4 Å². The average molecular weight is 285 g/mol. The van der Waals surface area contributed by atoms with Crippen LogP contribution in [0.25, 0.3) is 0 Å². The third-order valence-electron chi connectivity index (χ3n) is 3.02. The van der Waals surface area contributed by atoms with Crippen molar-refractivity contribution in [2.45, 2.75) is 39.7 Å². The van der Waals surface area contributed by atoms with Crippen LogP contribution in [0.4, 0.5) is 0 Å². The van der Waals surface area contributed by atoms with Crippen molar-refractivity contribution in [1.29, 1.82) is 0 Å². The molecule has 4 heteroatoms. The molecule has 0 aliphatic rings.